The van der Waals surface area contributed by atoms with Crippen molar-refractivity contribution in [2.24, 2.45) is 0 Å². The predicted octanol–water partition coefficient (Wildman–Crippen LogP) is 2.28. The molecule has 4 nitrogen and oxygen atoms in total. The highest BCUT2D eigenvalue weighted by Gasteiger charge is 2.08. The van der Waals surface area contributed by atoms with Crippen molar-refractivity contribution in [1.82, 2.24) is 4.98 Å². The number of hydrogen-bond acceptors (Lipinski definition) is 5. The van der Waals surface area contributed by atoms with Crippen molar-refractivity contribution in [3.63, 3.8) is 0 Å². The summed E-state index contributed by atoms with van der Waals surface area (Å²) in [6.07, 6.45) is 0. The third kappa shape index (κ3) is 3.17. The van der Waals surface area contributed by atoms with Gasteiger partial charge in [0.15, 0.2) is 15.0 Å². The number of anilines is 1. The fraction of sp³-hybridized carbons (Fsp3) is 0.364. The molecule has 0 aliphatic heterocycles. The van der Waals surface area contributed by atoms with Gasteiger partial charge in [-0.15, -0.1) is 0 Å². The minimum atomic E-state index is -2.97. The molecule has 0 aliphatic carbocycles. The van der Waals surface area contributed by atoms with E-state index < -0.39 is 9.84 Å². The molecule has 0 saturated carbocycles. The number of fused-ring (bicyclic) bond motifs is 1. The minimum Gasteiger partial charge on any atom is -0.360 e. The maximum Gasteiger partial charge on any atom is 0.183 e. The van der Waals surface area contributed by atoms with E-state index in [1.54, 1.807) is 13.0 Å². The molecule has 2 rings (SSSR count). The summed E-state index contributed by atoms with van der Waals surface area (Å²) in [4.78, 5) is 4.25. The molecule has 1 N–H and O–H groups in total. The van der Waals surface area contributed by atoms with Gasteiger partial charge in [-0.25, -0.2) is 17.8 Å². The summed E-state index contributed by atoms with van der Waals surface area (Å²) in [6, 6.07) is 4.38. The molecule has 0 saturated heterocycles. The largest absolute Gasteiger partial charge is 0.360 e. The van der Waals surface area contributed by atoms with Gasteiger partial charge in [-0.3, -0.25) is 0 Å². The lowest BCUT2D eigenvalue weighted by atomic mass is 10.3. The quantitative estimate of drug-likeness (QED) is 0.917. The van der Waals surface area contributed by atoms with Crippen LogP contribution >= 0.6 is 11.3 Å². The third-order valence-corrected chi connectivity index (χ3v) is 5.16. The Kier molecular flexibility index (Phi) is 3.82. The minimum absolute atomic E-state index is 0.0772. The van der Waals surface area contributed by atoms with Crippen molar-refractivity contribution in [1.29, 1.82) is 0 Å². The van der Waals surface area contributed by atoms with E-state index in [9.17, 15) is 12.8 Å². The number of sulfone groups is 1. The number of benzene rings is 1. The second-order valence-electron chi connectivity index (χ2n) is 3.79. The zero-order valence-corrected chi connectivity index (χ0v) is 11.4. The van der Waals surface area contributed by atoms with E-state index in [1.165, 1.54) is 23.5 Å². The molecule has 0 atom stereocenters. The van der Waals surface area contributed by atoms with Gasteiger partial charge >= 0.3 is 0 Å². The first-order valence-electron chi connectivity index (χ1n) is 5.50. The molecule has 0 aliphatic rings. The molecule has 0 unspecified atom stereocenters. The Morgan fingerprint density at radius 1 is 1.44 bits per heavy atom. The van der Waals surface area contributed by atoms with Crippen LogP contribution in [-0.2, 0) is 9.84 Å². The van der Waals surface area contributed by atoms with Gasteiger partial charge in [-0.05, 0) is 18.2 Å². The van der Waals surface area contributed by atoms with Gasteiger partial charge in [0.25, 0.3) is 0 Å². The normalized spacial score (nSPS) is 11.9. The van der Waals surface area contributed by atoms with Crippen LogP contribution in [0.5, 0.6) is 0 Å². The Morgan fingerprint density at radius 2 is 2.22 bits per heavy atom. The van der Waals surface area contributed by atoms with E-state index in [0.29, 0.717) is 17.2 Å². The van der Waals surface area contributed by atoms with Crippen molar-refractivity contribution < 1.29 is 12.8 Å². The number of halogens is 1. The summed E-state index contributed by atoms with van der Waals surface area (Å²) >= 11 is 1.31. The van der Waals surface area contributed by atoms with Crippen molar-refractivity contribution in [2.45, 2.75) is 6.92 Å². The monoisotopic (exact) mass is 288 g/mol. The highest BCUT2D eigenvalue weighted by molar-refractivity contribution is 7.91. The highest BCUT2D eigenvalue weighted by atomic mass is 32.2. The Bertz CT molecular complexity index is 652. The second kappa shape index (κ2) is 5.19. The zero-order chi connectivity index (χ0) is 13.2. The molecule has 1 aromatic heterocycles. The van der Waals surface area contributed by atoms with Crippen LogP contribution in [0.25, 0.3) is 10.2 Å². The van der Waals surface area contributed by atoms with E-state index in [1.807, 2.05) is 0 Å². The van der Waals surface area contributed by atoms with Crippen LogP contribution in [-0.4, -0.2) is 31.5 Å². The molecule has 7 heteroatoms. The van der Waals surface area contributed by atoms with Crippen LogP contribution in [0.4, 0.5) is 9.52 Å². The summed E-state index contributed by atoms with van der Waals surface area (Å²) in [5, 5.41) is 3.56. The number of rotatable bonds is 5. The fourth-order valence-electron chi connectivity index (χ4n) is 1.43. The molecule has 18 heavy (non-hydrogen) atoms. The summed E-state index contributed by atoms with van der Waals surface area (Å²) in [5.41, 5.74) is 0.710. The van der Waals surface area contributed by atoms with Crippen molar-refractivity contribution >= 4 is 36.5 Å². The van der Waals surface area contributed by atoms with Crippen molar-refractivity contribution in [3.8, 4) is 0 Å². The Balaban J connectivity index is 2.04. The molecule has 1 heterocycles. The lowest BCUT2D eigenvalue weighted by Crippen LogP contribution is -2.16. The van der Waals surface area contributed by atoms with E-state index in [4.69, 9.17) is 0 Å². The topological polar surface area (TPSA) is 59.1 Å². The van der Waals surface area contributed by atoms with Gasteiger partial charge < -0.3 is 5.32 Å². The number of nitrogens with zero attached hydrogens (tertiary/aromatic N) is 1. The van der Waals surface area contributed by atoms with Gasteiger partial charge in [-0.1, -0.05) is 18.3 Å². The summed E-state index contributed by atoms with van der Waals surface area (Å²) in [5.74, 6) is -0.0840. The molecule has 98 valence electrons. The Labute approximate surface area is 109 Å². The van der Waals surface area contributed by atoms with Crippen LogP contribution in [0, 0.1) is 5.82 Å². The summed E-state index contributed by atoms with van der Waals surface area (Å²) in [6.45, 7) is 1.94. The fourth-order valence-corrected chi connectivity index (χ4v) is 3.05. The maximum atomic E-state index is 13.0. The average Bonchev–Trinajstić information content (AvgIpc) is 2.70. The van der Waals surface area contributed by atoms with E-state index >= 15 is 0 Å². The molecule has 0 fully saturated rings. The van der Waals surface area contributed by atoms with Gasteiger partial charge in [-0.2, -0.15) is 0 Å². The van der Waals surface area contributed by atoms with E-state index in [-0.39, 0.29) is 17.3 Å². The molecule has 0 bridgehead atoms. The van der Waals surface area contributed by atoms with Gasteiger partial charge in [0.1, 0.15) is 5.82 Å². The smallest absolute Gasteiger partial charge is 0.183 e. The second-order valence-corrected chi connectivity index (χ2v) is 7.30. The van der Waals surface area contributed by atoms with Crippen LogP contribution < -0.4 is 5.32 Å². The predicted molar refractivity (Wildman–Crippen MR) is 72.4 cm³/mol. The van der Waals surface area contributed by atoms with Crippen molar-refractivity contribution in [3.05, 3.63) is 24.0 Å². The summed E-state index contributed by atoms with van der Waals surface area (Å²) in [7, 11) is -2.97. The third-order valence-electron chi connectivity index (χ3n) is 2.48. The molecule has 0 amide bonds. The number of hydrogen-bond donors (Lipinski definition) is 1. The standard InChI is InChI=1S/C11H13FN2O2S2/c1-2-18(15,16)6-5-13-11-14-9-4-3-8(12)7-10(9)17-11/h3-4,7H,2,5-6H2,1H3,(H,13,14). The number of thiazole rings is 1. The van der Waals surface area contributed by atoms with Crippen LogP contribution in [0.15, 0.2) is 18.2 Å². The molecule has 0 spiro atoms. The molecule has 2 aromatic rings. The van der Waals surface area contributed by atoms with E-state index in [2.05, 4.69) is 10.3 Å². The van der Waals surface area contributed by atoms with E-state index in [0.717, 1.165) is 4.70 Å². The number of aromatic nitrogens is 1. The van der Waals surface area contributed by atoms with Crippen LogP contribution in [0.1, 0.15) is 6.92 Å². The zero-order valence-electron chi connectivity index (χ0n) is 9.81. The average molecular weight is 288 g/mol. The SMILES string of the molecule is CCS(=O)(=O)CCNc1nc2ccc(F)cc2s1. The molecule has 0 radical (unpaired) electrons. The maximum absolute atomic E-state index is 13.0. The van der Waals surface area contributed by atoms with Gasteiger partial charge in [0.2, 0.25) is 0 Å². The molecule has 1 aromatic carbocycles. The number of nitrogens with one attached hydrogen (secondary N) is 1. The Hall–Kier alpha value is -1.21. The van der Waals surface area contributed by atoms with Gasteiger partial charge in [0.05, 0.1) is 16.0 Å². The van der Waals surface area contributed by atoms with Crippen molar-refractivity contribution in [2.75, 3.05) is 23.4 Å². The lowest BCUT2D eigenvalue weighted by molar-refractivity contribution is 0.597. The van der Waals surface area contributed by atoms with Gasteiger partial charge in [0, 0.05) is 12.3 Å². The first-order chi connectivity index (χ1) is 8.50. The molecular formula is C11H13FN2O2S2. The summed E-state index contributed by atoms with van der Waals surface area (Å²) < 4.78 is 36.3. The first-order valence-corrected chi connectivity index (χ1v) is 8.14. The highest BCUT2D eigenvalue weighted by Crippen LogP contribution is 2.26. The first kappa shape index (κ1) is 13.2. The van der Waals surface area contributed by atoms with Crippen LogP contribution in [0.2, 0.25) is 0 Å². The molecular weight excluding hydrogens is 275 g/mol. The Morgan fingerprint density at radius 3 is 2.94 bits per heavy atom. The van der Waals surface area contributed by atoms with Crippen LogP contribution in [0.3, 0.4) is 0 Å². The lowest BCUT2D eigenvalue weighted by Gasteiger charge is -2.01.